The molecule has 0 saturated heterocycles. The first-order chi connectivity index (χ1) is 10.9. The number of benzene rings is 1. The molecule has 24 heavy (non-hydrogen) atoms. The number of hydrogen-bond acceptors (Lipinski definition) is 1. The Hall–Kier alpha value is -0.980. The first-order valence-corrected chi connectivity index (χ1v) is 9.72. The van der Waals surface area contributed by atoms with E-state index in [2.05, 4.69) is 91.6 Å². The molecule has 0 spiro atoms. The van der Waals surface area contributed by atoms with Gasteiger partial charge in [0.25, 0.3) is 0 Å². The van der Waals surface area contributed by atoms with E-state index in [0.717, 1.165) is 0 Å². The maximum absolute atomic E-state index is 2.48. The van der Waals surface area contributed by atoms with Crippen LogP contribution in [-0.4, -0.2) is 12.6 Å². The largest absolute Gasteiger partial charge is 0.369 e. The summed E-state index contributed by atoms with van der Waals surface area (Å²) in [6.45, 7) is 27.3. The molecule has 2 rings (SSSR count). The van der Waals surface area contributed by atoms with Crippen molar-refractivity contribution < 1.29 is 0 Å². The highest BCUT2D eigenvalue weighted by atomic mass is 15.2. The zero-order chi connectivity index (χ0) is 19.6. The molecule has 0 fully saturated rings. The van der Waals surface area contributed by atoms with Gasteiger partial charge in [-0.1, -0.05) is 87.4 Å². The molecule has 1 aliphatic rings. The Morgan fingerprint density at radius 2 is 1.08 bits per heavy atom. The minimum atomic E-state index is 0.0837. The molecule has 1 aliphatic heterocycles. The minimum Gasteiger partial charge on any atom is -0.369 e. The molecule has 140 valence electrons. The summed E-state index contributed by atoms with van der Waals surface area (Å²) in [6.07, 6.45) is 0. The van der Waals surface area contributed by atoms with Gasteiger partial charge in [-0.3, -0.25) is 0 Å². The topological polar surface area (TPSA) is 3.24 Å². The molecule has 1 heterocycles. The van der Waals surface area contributed by atoms with Crippen molar-refractivity contribution in [3.05, 3.63) is 29.8 Å². The van der Waals surface area contributed by atoms with Gasteiger partial charge in [0.15, 0.2) is 0 Å². The predicted molar refractivity (Wildman–Crippen MR) is 112 cm³/mol. The molecule has 1 heteroatoms. The molecule has 0 bridgehead atoms. The summed E-state index contributed by atoms with van der Waals surface area (Å²) in [6, 6.07) is 8.92. The lowest BCUT2D eigenvalue weighted by molar-refractivity contribution is -0.0162. The highest BCUT2D eigenvalue weighted by molar-refractivity contribution is 5.60. The van der Waals surface area contributed by atoms with Gasteiger partial charge in [0.1, 0.15) is 0 Å². The van der Waals surface area contributed by atoms with Gasteiger partial charge in [-0.15, -0.1) is 0 Å². The second-order valence-corrected chi connectivity index (χ2v) is 8.51. The first kappa shape index (κ1) is 23.0. The van der Waals surface area contributed by atoms with Crippen LogP contribution in [0.15, 0.2) is 24.3 Å². The monoisotopic (exact) mass is 333 g/mol. The minimum absolute atomic E-state index is 0.0837. The van der Waals surface area contributed by atoms with Crippen molar-refractivity contribution in [3.63, 3.8) is 0 Å². The molecule has 0 radical (unpaired) electrons. The molecule has 0 N–H and O–H groups in total. The van der Waals surface area contributed by atoms with Gasteiger partial charge in [-0.2, -0.15) is 0 Å². The molecule has 0 saturated carbocycles. The van der Waals surface area contributed by atoms with Crippen LogP contribution in [0.1, 0.15) is 88.6 Å². The smallest absolute Gasteiger partial charge is 0.0406 e. The van der Waals surface area contributed by atoms with Crippen LogP contribution >= 0.6 is 0 Å². The van der Waals surface area contributed by atoms with Crippen LogP contribution in [0.4, 0.5) is 5.69 Å². The summed E-state index contributed by atoms with van der Waals surface area (Å²) in [5, 5.41) is 0. The summed E-state index contributed by atoms with van der Waals surface area (Å²) < 4.78 is 0. The fourth-order valence-corrected chi connectivity index (χ4v) is 3.90. The van der Waals surface area contributed by atoms with Crippen molar-refractivity contribution in [1.82, 2.24) is 0 Å². The average molecular weight is 334 g/mol. The summed E-state index contributed by atoms with van der Waals surface area (Å²) in [7, 11) is 2.25. The van der Waals surface area contributed by atoms with Crippen LogP contribution in [0.5, 0.6) is 0 Å². The van der Waals surface area contributed by atoms with E-state index in [1.54, 1.807) is 0 Å². The summed E-state index contributed by atoms with van der Waals surface area (Å²) in [4.78, 5) is 2.48. The Balaban J connectivity index is 0.00000123. The van der Waals surface area contributed by atoms with Crippen LogP contribution in [0, 0.1) is 10.8 Å². The van der Waals surface area contributed by atoms with Gasteiger partial charge in [0.05, 0.1) is 0 Å². The molecular formula is C23H43N. The van der Waals surface area contributed by atoms with E-state index in [-0.39, 0.29) is 21.8 Å². The van der Waals surface area contributed by atoms with E-state index in [0.29, 0.717) is 0 Å². The van der Waals surface area contributed by atoms with Crippen molar-refractivity contribution in [3.8, 4) is 0 Å². The van der Waals surface area contributed by atoms with Crippen molar-refractivity contribution in [1.29, 1.82) is 0 Å². The van der Waals surface area contributed by atoms with Crippen LogP contribution in [-0.2, 0) is 5.41 Å². The van der Waals surface area contributed by atoms with E-state index in [1.807, 2.05) is 27.7 Å². The Morgan fingerprint density at radius 3 is 1.54 bits per heavy atom. The molecule has 0 aliphatic carbocycles. The summed E-state index contributed by atoms with van der Waals surface area (Å²) in [5.41, 5.74) is 3.38. The molecule has 1 aromatic carbocycles. The normalized spacial score (nSPS) is 22.0. The molecule has 0 aromatic heterocycles. The van der Waals surface area contributed by atoms with Gasteiger partial charge in [-0.05, 0) is 41.7 Å². The fourth-order valence-electron chi connectivity index (χ4n) is 3.90. The van der Waals surface area contributed by atoms with Gasteiger partial charge in [0.2, 0.25) is 0 Å². The average Bonchev–Trinajstić information content (AvgIpc) is 2.58. The first-order valence-electron chi connectivity index (χ1n) is 9.72. The maximum atomic E-state index is 2.48. The van der Waals surface area contributed by atoms with Crippen molar-refractivity contribution >= 4 is 5.69 Å². The maximum Gasteiger partial charge on any atom is 0.0406 e. The second-order valence-electron chi connectivity index (χ2n) is 8.51. The van der Waals surface area contributed by atoms with E-state index >= 15 is 0 Å². The third-order valence-corrected chi connectivity index (χ3v) is 7.43. The lowest BCUT2D eigenvalue weighted by Crippen LogP contribution is -2.60. The fraction of sp³-hybridized carbons (Fsp3) is 0.739. The van der Waals surface area contributed by atoms with Crippen LogP contribution in [0.3, 0.4) is 0 Å². The molecule has 1 aromatic rings. The molecule has 0 amide bonds. The quantitative estimate of drug-likeness (QED) is 0.481. The molecule has 1 nitrogen and oxygen atoms in total. The molecular weight excluding hydrogens is 290 g/mol. The zero-order valence-electron chi connectivity index (χ0n) is 18.8. The van der Waals surface area contributed by atoms with Crippen LogP contribution in [0.25, 0.3) is 0 Å². The Labute approximate surface area is 152 Å². The number of fused-ring (bicyclic) bond motifs is 1. The van der Waals surface area contributed by atoms with E-state index in [4.69, 9.17) is 0 Å². The van der Waals surface area contributed by atoms with E-state index in [9.17, 15) is 0 Å². The SMILES string of the molecule is CC.CC.CN1c2ccccc2C(C)(C)C(C)(C)C(C)(C)C1(C)C. The van der Waals surface area contributed by atoms with Crippen molar-refractivity contribution in [2.75, 3.05) is 11.9 Å². The standard InChI is InChI=1S/C19H31N.2C2H6/c1-16(2)14-12-10-11-13-15(14)20(9)19(7,8)18(5,6)17(16,3)4;2*1-2/h10-13H,1-9H3;2*1-2H3. The molecule has 0 unspecified atom stereocenters. The molecule has 0 atom stereocenters. The van der Waals surface area contributed by atoms with Crippen molar-refractivity contribution in [2.24, 2.45) is 10.8 Å². The third-order valence-electron chi connectivity index (χ3n) is 7.43. The van der Waals surface area contributed by atoms with E-state index in [1.165, 1.54) is 11.3 Å². The number of para-hydroxylation sites is 1. The van der Waals surface area contributed by atoms with Crippen molar-refractivity contribution in [2.45, 2.75) is 94.0 Å². The Bertz CT molecular complexity index is 521. The van der Waals surface area contributed by atoms with Crippen LogP contribution in [0.2, 0.25) is 0 Å². The van der Waals surface area contributed by atoms with Gasteiger partial charge in [0, 0.05) is 18.3 Å². The predicted octanol–water partition coefficient (Wildman–Crippen LogP) is 7.30. The van der Waals surface area contributed by atoms with Gasteiger partial charge >= 0.3 is 0 Å². The van der Waals surface area contributed by atoms with Gasteiger partial charge in [-0.25, -0.2) is 0 Å². The Morgan fingerprint density at radius 1 is 0.667 bits per heavy atom. The number of anilines is 1. The van der Waals surface area contributed by atoms with Crippen LogP contribution < -0.4 is 4.90 Å². The lowest BCUT2D eigenvalue weighted by atomic mass is 9.49. The lowest BCUT2D eigenvalue weighted by Gasteiger charge is -2.58. The summed E-state index contributed by atoms with van der Waals surface area (Å²) >= 11 is 0. The summed E-state index contributed by atoms with van der Waals surface area (Å²) in [5.74, 6) is 0. The highest BCUT2D eigenvalue weighted by Crippen LogP contribution is 2.62. The highest BCUT2D eigenvalue weighted by Gasteiger charge is 2.59. The van der Waals surface area contributed by atoms with E-state index < -0.39 is 0 Å². The Kier molecular flexibility index (Phi) is 7.19. The zero-order valence-corrected chi connectivity index (χ0v) is 18.8. The number of nitrogens with zero attached hydrogens (tertiary/aromatic N) is 1. The van der Waals surface area contributed by atoms with Gasteiger partial charge < -0.3 is 4.90 Å². The second kappa shape index (κ2) is 7.50. The number of hydrogen-bond donors (Lipinski definition) is 0. The third kappa shape index (κ3) is 3.00. The number of rotatable bonds is 0.